The maximum atomic E-state index is 4.20. The molecule has 4 heteroatoms. The van der Waals surface area contributed by atoms with Crippen LogP contribution in [0.2, 0.25) is 0 Å². The monoisotopic (exact) mass is 224 g/mol. The average molecular weight is 224 g/mol. The zero-order valence-electron chi connectivity index (χ0n) is 11.1. The molecule has 0 saturated carbocycles. The predicted molar refractivity (Wildman–Crippen MR) is 67.5 cm³/mol. The smallest absolute Gasteiger partial charge is 0.0638 e. The molecule has 0 aliphatic heterocycles. The van der Waals surface area contributed by atoms with Crippen molar-refractivity contribution in [2.45, 2.75) is 39.8 Å². The molecule has 0 aliphatic carbocycles. The Morgan fingerprint density at radius 2 is 2.06 bits per heavy atom. The Labute approximate surface area is 98.4 Å². The molecular formula is C12H24N4. The van der Waals surface area contributed by atoms with E-state index in [-0.39, 0.29) is 0 Å². The molecule has 16 heavy (non-hydrogen) atoms. The molecule has 0 radical (unpaired) electrons. The summed E-state index contributed by atoms with van der Waals surface area (Å²) in [7, 11) is 4.22. The van der Waals surface area contributed by atoms with Crippen molar-refractivity contribution in [3.8, 4) is 0 Å². The van der Waals surface area contributed by atoms with E-state index in [1.54, 1.807) is 0 Å². The molecule has 1 atom stereocenters. The first kappa shape index (κ1) is 13.2. The zero-order chi connectivity index (χ0) is 12.1. The third-order valence-electron chi connectivity index (χ3n) is 2.92. The standard InChI is InChI=1S/C12H24N4/c1-9(6-7-16(4)5)13-8-12-10(2)14-15-11(12)3/h9,13H,6-8H2,1-5H3,(H,14,15). The van der Waals surface area contributed by atoms with Gasteiger partial charge in [0.2, 0.25) is 0 Å². The SMILES string of the molecule is Cc1n[nH]c(C)c1CNC(C)CCN(C)C. The van der Waals surface area contributed by atoms with Crippen LogP contribution < -0.4 is 5.32 Å². The molecule has 92 valence electrons. The summed E-state index contributed by atoms with van der Waals surface area (Å²) < 4.78 is 0. The summed E-state index contributed by atoms with van der Waals surface area (Å²) in [6.07, 6.45) is 1.17. The normalized spacial score (nSPS) is 13.4. The molecule has 1 aromatic heterocycles. The second-order valence-corrected chi connectivity index (χ2v) is 4.79. The van der Waals surface area contributed by atoms with Crippen molar-refractivity contribution >= 4 is 0 Å². The van der Waals surface area contributed by atoms with Gasteiger partial charge in [-0.25, -0.2) is 0 Å². The third kappa shape index (κ3) is 3.94. The molecule has 0 amide bonds. The van der Waals surface area contributed by atoms with Crippen LogP contribution >= 0.6 is 0 Å². The Balaban J connectivity index is 2.34. The highest BCUT2D eigenvalue weighted by Crippen LogP contribution is 2.09. The van der Waals surface area contributed by atoms with Gasteiger partial charge < -0.3 is 10.2 Å². The molecule has 1 aromatic rings. The van der Waals surface area contributed by atoms with Crippen molar-refractivity contribution in [1.29, 1.82) is 0 Å². The van der Waals surface area contributed by atoms with E-state index < -0.39 is 0 Å². The summed E-state index contributed by atoms with van der Waals surface area (Å²) in [4.78, 5) is 2.21. The number of aromatic amines is 1. The van der Waals surface area contributed by atoms with Gasteiger partial charge in [-0.15, -0.1) is 0 Å². The molecule has 1 unspecified atom stereocenters. The van der Waals surface area contributed by atoms with Gasteiger partial charge in [0.05, 0.1) is 5.69 Å². The maximum absolute atomic E-state index is 4.20. The fourth-order valence-electron chi connectivity index (χ4n) is 1.66. The van der Waals surface area contributed by atoms with Gasteiger partial charge in [0.25, 0.3) is 0 Å². The predicted octanol–water partition coefficient (Wildman–Crippen LogP) is 1.46. The molecule has 2 N–H and O–H groups in total. The highest BCUT2D eigenvalue weighted by Gasteiger charge is 2.08. The summed E-state index contributed by atoms with van der Waals surface area (Å²) in [5.41, 5.74) is 3.58. The lowest BCUT2D eigenvalue weighted by atomic mass is 10.1. The summed E-state index contributed by atoms with van der Waals surface area (Å²) in [5, 5.41) is 10.7. The molecule has 0 aromatic carbocycles. The summed E-state index contributed by atoms with van der Waals surface area (Å²) in [5.74, 6) is 0. The van der Waals surface area contributed by atoms with Crippen molar-refractivity contribution < 1.29 is 0 Å². The van der Waals surface area contributed by atoms with Gasteiger partial charge in [-0.3, -0.25) is 5.10 Å². The quantitative estimate of drug-likeness (QED) is 0.769. The van der Waals surface area contributed by atoms with Gasteiger partial charge in [-0.1, -0.05) is 0 Å². The Morgan fingerprint density at radius 1 is 1.38 bits per heavy atom. The van der Waals surface area contributed by atoms with E-state index in [2.05, 4.69) is 48.4 Å². The van der Waals surface area contributed by atoms with E-state index in [1.165, 1.54) is 17.7 Å². The average Bonchev–Trinajstić information content (AvgIpc) is 2.53. The van der Waals surface area contributed by atoms with Gasteiger partial charge in [-0.05, 0) is 47.8 Å². The first-order valence-electron chi connectivity index (χ1n) is 5.89. The molecule has 0 bridgehead atoms. The van der Waals surface area contributed by atoms with Crippen molar-refractivity contribution in [1.82, 2.24) is 20.4 Å². The van der Waals surface area contributed by atoms with E-state index >= 15 is 0 Å². The number of nitrogens with one attached hydrogen (secondary N) is 2. The minimum Gasteiger partial charge on any atom is -0.310 e. The largest absolute Gasteiger partial charge is 0.310 e. The van der Waals surface area contributed by atoms with Crippen molar-refractivity contribution in [2.75, 3.05) is 20.6 Å². The zero-order valence-corrected chi connectivity index (χ0v) is 11.1. The molecular weight excluding hydrogens is 200 g/mol. The molecule has 0 fully saturated rings. The van der Waals surface area contributed by atoms with Gasteiger partial charge in [0, 0.05) is 23.8 Å². The van der Waals surface area contributed by atoms with Crippen LogP contribution in [0.5, 0.6) is 0 Å². The first-order chi connectivity index (χ1) is 7.50. The van der Waals surface area contributed by atoms with Gasteiger partial charge in [0.1, 0.15) is 0 Å². The second-order valence-electron chi connectivity index (χ2n) is 4.79. The van der Waals surface area contributed by atoms with Gasteiger partial charge >= 0.3 is 0 Å². The molecule has 0 saturated heterocycles. The Kier molecular flexibility index (Phi) is 4.96. The van der Waals surface area contributed by atoms with Crippen molar-refractivity contribution in [2.24, 2.45) is 0 Å². The molecule has 4 nitrogen and oxygen atoms in total. The topological polar surface area (TPSA) is 44.0 Å². The van der Waals surface area contributed by atoms with Crippen LogP contribution in [0.1, 0.15) is 30.3 Å². The highest BCUT2D eigenvalue weighted by atomic mass is 15.1. The van der Waals surface area contributed by atoms with Crippen LogP contribution in [0, 0.1) is 13.8 Å². The Hall–Kier alpha value is -0.870. The number of H-pyrrole nitrogens is 1. The maximum Gasteiger partial charge on any atom is 0.0638 e. The van der Waals surface area contributed by atoms with Crippen LogP contribution in [-0.4, -0.2) is 41.8 Å². The summed E-state index contributed by atoms with van der Waals surface area (Å²) >= 11 is 0. The number of aryl methyl sites for hydroxylation is 2. The number of rotatable bonds is 6. The summed E-state index contributed by atoms with van der Waals surface area (Å²) in [6.45, 7) is 8.38. The van der Waals surface area contributed by atoms with E-state index in [0.29, 0.717) is 6.04 Å². The van der Waals surface area contributed by atoms with E-state index in [9.17, 15) is 0 Å². The van der Waals surface area contributed by atoms with E-state index in [1.807, 2.05) is 6.92 Å². The van der Waals surface area contributed by atoms with E-state index in [0.717, 1.165) is 18.8 Å². The fourth-order valence-corrected chi connectivity index (χ4v) is 1.66. The molecule has 1 heterocycles. The summed E-state index contributed by atoms with van der Waals surface area (Å²) in [6, 6.07) is 0.538. The highest BCUT2D eigenvalue weighted by molar-refractivity contribution is 5.22. The number of hydrogen-bond acceptors (Lipinski definition) is 3. The molecule has 0 aliphatic rings. The van der Waals surface area contributed by atoms with Crippen LogP contribution in [0.25, 0.3) is 0 Å². The van der Waals surface area contributed by atoms with Crippen LogP contribution in [-0.2, 0) is 6.54 Å². The van der Waals surface area contributed by atoms with Crippen LogP contribution in [0.4, 0.5) is 0 Å². The fraction of sp³-hybridized carbons (Fsp3) is 0.750. The number of nitrogens with zero attached hydrogens (tertiary/aromatic N) is 2. The third-order valence-corrected chi connectivity index (χ3v) is 2.92. The molecule has 0 spiro atoms. The van der Waals surface area contributed by atoms with Gasteiger partial charge in [-0.2, -0.15) is 5.10 Å². The Morgan fingerprint density at radius 3 is 2.56 bits per heavy atom. The second kappa shape index (κ2) is 6.01. The Bertz CT molecular complexity index is 297. The van der Waals surface area contributed by atoms with Crippen molar-refractivity contribution in [3.05, 3.63) is 17.0 Å². The van der Waals surface area contributed by atoms with Gasteiger partial charge in [0.15, 0.2) is 0 Å². The minimum atomic E-state index is 0.538. The lowest BCUT2D eigenvalue weighted by molar-refractivity contribution is 0.365. The van der Waals surface area contributed by atoms with Crippen LogP contribution in [0.3, 0.4) is 0 Å². The van der Waals surface area contributed by atoms with Crippen LogP contribution in [0.15, 0.2) is 0 Å². The lowest BCUT2D eigenvalue weighted by Gasteiger charge is -2.16. The minimum absolute atomic E-state index is 0.538. The van der Waals surface area contributed by atoms with Crippen molar-refractivity contribution in [3.63, 3.8) is 0 Å². The number of hydrogen-bond donors (Lipinski definition) is 2. The number of aromatic nitrogens is 2. The van der Waals surface area contributed by atoms with E-state index in [4.69, 9.17) is 0 Å². The lowest BCUT2D eigenvalue weighted by Crippen LogP contribution is -2.29. The first-order valence-corrected chi connectivity index (χ1v) is 5.89. The molecule has 1 rings (SSSR count).